The molecule has 1 saturated carbocycles. The van der Waals surface area contributed by atoms with Gasteiger partial charge >= 0.3 is 5.97 Å². The average Bonchev–Trinajstić information content (AvgIpc) is 3.26. The molecule has 1 heterocycles. The first-order chi connectivity index (χ1) is 15.0. The number of aliphatic hydroxyl groups excluding tert-OH is 3. The number of aliphatic hydroxyl groups is 3. The predicted molar refractivity (Wildman–Crippen MR) is 120 cm³/mol. The van der Waals surface area contributed by atoms with Gasteiger partial charge in [-0.05, 0) is 44.6 Å². The van der Waals surface area contributed by atoms with E-state index in [1.807, 2.05) is 12.2 Å². The van der Waals surface area contributed by atoms with Gasteiger partial charge in [0.25, 0.3) is 0 Å². The molecule has 1 saturated heterocycles. The summed E-state index contributed by atoms with van der Waals surface area (Å²) in [7, 11) is 0. The molecule has 3 N–H and O–H groups in total. The number of unbranched alkanes of at least 4 members (excludes halogenated alkanes) is 5. The second kappa shape index (κ2) is 14.6. The zero-order chi connectivity index (χ0) is 22.5. The van der Waals surface area contributed by atoms with E-state index < -0.39 is 12.2 Å². The highest BCUT2D eigenvalue weighted by Crippen LogP contribution is 2.45. The van der Waals surface area contributed by atoms with E-state index in [9.17, 15) is 15.0 Å². The maximum atomic E-state index is 11.7. The molecule has 6 nitrogen and oxygen atoms in total. The fourth-order valence-corrected chi connectivity index (χ4v) is 4.50. The lowest BCUT2D eigenvalue weighted by molar-refractivity contribution is -0.143. The van der Waals surface area contributed by atoms with E-state index in [4.69, 9.17) is 14.6 Å². The van der Waals surface area contributed by atoms with Crippen LogP contribution in [0, 0.1) is 11.8 Å². The Labute approximate surface area is 187 Å². The van der Waals surface area contributed by atoms with E-state index in [1.54, 1.807) is 0 Å². The van der Waals surface area contributed by atoms with Crippen molar-refractivity contribution in [1.82, 2.24) is 0 Å². The number of ether oxygens (including phenoxy) is 2. The van der Waals surface area contributed by atoms with Crippen molar-refractivity contribution >= 4 is 5.97 Å². The first kappa shape index (κ1) is 25.9. The molecular formula is C25H42O6. The van der Waals surface area contributed by atoms with Crippen LogP contribution >= 0.6 is 0 Å². The van der Waals surface area contributed by atoms with Gasteiger partial charge in [0, 0.05) is 37.7 Å². The van der Waals surface area contributed by atoms with Crippen LogP contribution in [0.1, 0.15) is 84.0 Å². The molecule has 178 valence electrons. The minimum atomic E-state index is -0.440. The lowest BCUT2D eigenvalue weighted by atomic mass is 9.90. The Morgan fingerprint density at radius 1 is 1.23 bits per heavy atom. The van der Waals surface area contributed by atoms with E-state index in [0.717, 1.165) is 70.0 Å². The van der Waals surface area contributed by atoms with Crippen LogP contribution in [0.25, 0.3) is 0 Å². The van der Waals surface area contributed by atoms with Gasteiger partial charge in [0.2, 0.25) is 0 Å². The van der Waals surface area contributed by atoms with Gasteiger partial charge in [-0.1, -0.05) is 38.3 Å². The Hall–Kier alpha value is -1.37. The van der Waals surface area contributed by atoms with E-state index in [0.29, 0.717) is 19.4 Å². The van der Waals surface area contributed by atoms with E-state index in [1.165, 1.54) is 0 Å². The maximum absolute atomic E-state index is 11.7. The standard InChI is InChI=1S/C25H42O6/c1-2-3-5-10-19(27)13-14-21-22-17-20(31-24(22)18-23(21)28)11-6-7-12-25(29)30-16-9-4-8-15-26/h11,13-14,19,21-24,26-28H,2-10,12,15-18H2,1H3/b14-13+,20-11-/t19-,21+,22+,23+,24-/m0/s1. The molecule has 0 unspecified atom stereocenters. The summed E-state index contributed by atoms with van der Waals surface area (Å²) in [6.07, 6.45) is 14.9. The number of esters is 1. The van der Waals surface area contributed by atoms with Crippen LogP contribution in [-0.4, -0.2) is 52.8 Å². The molecule has 2 aliphatic rings. The van der Waals surface area contributed by atoms with Crippen molar-refractivity contribution in [2.24, 2.45) is 11.8 Å². The summed E-state index contributed by atoms with van der Waals surface area (Å²) in [6, 6.07) is 0. The zero-order valence-corrected chi connectivity index (χ0v) is 19.1. The van der Waals surface area contributed by atoms with Crippen molar-refractivity contribution in [2.75, 3.05) is 13.2 Å². The van der Waals surface area contributed by atoms with Crippen molar-refractivity contribution in [2.45, 2.75) is 102 Å². The molecule has 0 aromatic carbocycles. The van der Waals surface area contributed by atoms with Crippen LogP contribution in [0.2, 0.25) is 0 Å². The van der Waals surface area contributed by atoms with Crippen molar-refractivity contribution < 1.29 is 29.6 Å². The van der Waals surface area contributed by atoms with Crippen LogP contribution < -0.4 is 0 Å². The van der Waals surface area contributed by atoms with Crippen LogP contribution in [0.15, 0.2) is 24.0 Å². The Kier molecular flexibility index (Phi) is 12.2. The van der Waals surface area contributed by atoms with Gasteiger partial charge in [0.05, 0.1) is 24.6 Å². The van der Waals surface area contributed by atoms with Crippen LogP contribution in [0.4, 0.5) is 0 Å². The number of hydrogen-bond acceptors (Lipinski definition) is 6. The van der Waals surface area contributed by atoms with Crippen LogP contribution in [-0.2, 0) is 14.3 Å². The number of allylic oxidation sites excluding steroid dienone is 2. The topological polar surface area (TPSA) is 96.2 Å². The second-order valence-electron chi connectivity index (χ2n) is 8.92. The molecule has 6 heteroatoms. The Bertz CT molecular complexity index is 572. The number of fused-ring (bicyclic) bond motifs is 1. The van der Waals surface area contributed by atoms with Gasteiger partial charge in [0.1, 0.15) is 6.10 Å². The molecule has 1 aliphatic heterocycles. The second-order valence-corrected chi connectivity index (χ2v) is 8.92. The fourth-order valence-electron chi connectivity index (χ4n) is 4.50. The Morgan fingerprint density at radius 2 is 2.06 bits per heavy atom. The summed E-state index contributed by atoms with van der Waals surface area (Å²) in [4.78, 5) is 11.7. The molecular weight excluding hydrogens is 396 g/mol. The molecule has 5 atom stereocenters. The molecule has 0 bridgehead atoms. The monoisotopic (exact) mass is 438 g/mol. The lowest BCUT2D eigenvalue weighted by Gasteiger charge is -2.16. The minimum absolute atomic E-state index is 0.0255. The third-order valence-corrected chi connectivity index (χ3v) is 6.31. The number of carbonyl (C=O) groups excluding carboxylic acids is 1. The lowest BCUT2D eigenvalue weighted by Crippen LogP contribution is -2.18. The molecule has 0 aromatic heterocycles. The van der Waals surface area contributed by atoms with E-state index in [-0.39, 0.29) is 30.5 Å². The number of carbonyl (C=O) groups is 1. The summed E-state index contributed by atoms with van der Waals surface area (Å²) in [5, 5.41) is 29.3. The fraction of sp³-hybridized carbons (Fsp3) is 0.800. The van der Waals surface area contributed by atoms with Crippen molar-refractivity contribution in [1.29, 1.82) is 0 Å². The molecule has 31 heavy (non-hydrogen) atoms. The van der Waals surface area contributed by atoms with Gasteiger partial charge in [-0.15, -0.1) is 0 Å². The molecule has 2 rings (SSSR count). The van der Waals surface area contributed by atoms with Crippen molar-refractivity contribution in [3.05, 3.63) is 24.0 Å². The SMILES string of the molecule is CCCCC[C@H](O)/C=C/[C@@H]1[C@H]2C/C(=C/CCCC(=O)OCCCCCO)O[C@H]2C[C@H]1O. The predicted octanol–water partition coefficient (Wildman–Crippen LogP) is 4.03. The van der Waals surface area contributed by atoms with E-state index >= 15 is 0 Å². The summed E-state index contributed by atoms with van der Waals surface area (Å²) in [5.74, 6) is 1.07. The van der Waals surface area contributed by atoms with Gasteiger partial charge in [-0.3, -0.25) is 4.79 Å². The molecule has 0 amide bonds. The maximum Gasteiger partial charge on any atom is 0.305 e. The van der Waals surface area contributed by atoms with Crippen LogP contribution in [0.5, 0.6) is 0 Å². The Morgan fingerprint density at radius 3 is 2.84 bits per heavy atom. The third kappa shape index (κ3) is 9.34. The first-order valence-electron chi connectivity index (χ1n) is 12.2. The largest absolute Gasteiger partial charge is 0.495 e. The summed E-state index contributed by atoms with van der Waals surface area (Å²) in [5.41, 5.74) is 0. The minimum Gasteiger partial charge on any atom is -0.495 e. The summed E-state index contributed by atoms with van der Waals surface area (Å²) < 4.78 is 11.2. The van der Waals surface area contributed by atoms with Gasteiger partial charge in [-0.2, -0.15) is 0 Å². The normalized spacial score (nSPS) is 27.5. The third-order valence-electron chi connectivity index (χ3n) is 6.31. The van der Waals surface area contributed by atoms with Crippen molar-refractivity contribution in [3.63, 3.8) is 0 Å². The van der Waals surface area contributed by atoms with Gasteiger partial charge in [-0.25, -0.2) is 0 Å². The molecule has 2 fully saturated rings. The molecule has 0 spiro atoms. The first-order valence-corrected chi connectivity index (χ1v) is 12.2. The summed E-state index contributed by atoms with van der Waals surface area (Å²) >= 11 is 0. The number of rotatable bonds is 15. The quantitative estimate of drug-likeness (QED) is 0.203. The highest BCUT2D eigenvalue weighted by molar-refractivity contribution is 5.69. The van der Waals surface area contributed by atoms with Gasteiger partial charge < -0.3 is 24.8 Å². The molecule has 0 aromatic rings. The number of hydrogen-bond donors (Lipinski definition) is 3. The van der Waals surface area contributed by atoms with Crippen LogP contribution in [0.3, 0.4) is 0 Å². The van der Waals surface area contributed by atoms with Gasteiger partial charge in [0.15, 0.2) is 0 Å². The highest BCUT2D eigenvalue weighted by Gasteiger charge is 2.46. The molecule has 1 aliphatic carbocycles. The average molecular weight is 439 g/mol. The highest BCUT2D eigenvalue weighted by atomic mass is 16.5. The van der Waals surface area contributed by atoms with Crippen molar-refractivity contribution in [3.8, 4) is 0 Å². The Balaban J connectivity index is 1.67. The summed E-state index contributed by atoms with van der Waals surface area (Å²) in [6.45, 7) is 2.76. The zero-order valence-electron chi connectivity index (χ0n) is 19.1. The smallest absolute Gasteiger partial charge is 0.305 e. The van der Waals surface area contributed by atoms with E-state index in [2.05, 4.69) is 13.0 Å². The molecule has 0 radical (unpaired) electrons.